The first kappa shape index (κ1) is 11.2. The smallest absolute Gasteiger partial charge is 0.237 e. The molecule has 4 atom stereocenters. The zero-order chi connectivity index (χ0) is 13.1. The fraction of sp³-hybridized carbons (Fsp3) is 0.500. The van der Waals surface area contributed by atoms with Gasteiger partial charge in [-0.25, -0.2) is 4.90 Å². The number of para-hydroxylation sites is 1. The Kier molecular flexibility index (Phi) is 2.17. The molecule has 2 amide bonds. The zero-order valence-corrected chi connectivity index (χ0v) is 11.0. The van der Waals surface area contributed by atoms with Crippen molar-refractivity contribution in [2.24, 2.45) is 23.7 Å². The van der Waals surface area contributed by atoms with E-state index in [1.807, 2.05) is 31.2 Å². The highest BCUT2D eigenvalue weighted by Crippen LogP contribution is 2.56. The normalized spacial score (nSPS) is 36.2. The molecule has 2 aliphatic carbocycles. The van der Waals surface area contributed by atoms with Gasteiger partial charge in [-0.3, -0.25) is 9.59 Å². The summed E-state index contributed by atoms with van der Waals surface area (Å²) in [5.41, 5.74) is 1.78. The Morgan fingerprint density at radius 3 is 2.16 bits per heavy atom. The Hall–Kier alpha value is -1.64. The Balaban J connectivity index is 1.78. The highest BCUT2D eigenvalue weighted by molar-refractivity contribution is 6.22. The molecule has 0 N–H and O–H groups in total. The maximum atomic E-state index is 12.6. The highest BCUT2D eigenvalue weighted by atomic mass is 16.2. The number of rotatable bonds is 1. The summed E-state index contributed by atoms with van der Waals surface area (Å²) in [4.78, 5) is 26.8. The number of hydrogen-bond donors (Lipinski definition) is 0. The maximum Gasteiger partial charge on any atom is 0.237 e. The Labute approximate surface area is 112 Å². The molecule has 4 rings (SSSR count). The van der Waals surface area contributed by atoms with Gasteiger partial charge in [-0.05, 0) is 49.7 Å². The molecule has 19 heavy (non-hydrogen) atoms. The summed E-state index contributed by atoms with van der Waals surface area (Å²) in [6, 6.07) is 7.67. The van der Waals surface area contributed by atoms with Gasteiger partial charge in [0.15, 0.2) is 0 Å². The van der Waals surface area contributed by atoms with E-state index in [1.54, 1.807) is 0 Å². The standard InChI is InChI=1S/C16H17NO2/c1-9-4-2-3-5-12(9)17-15(18)13-10-6-7-11(8-10)14(13)16(17)19/h2-5,10-11,13-14H,6-8H2,1H3/t10-,11+,13-,14+. The number of nitrogens with zero attached hydrogens (tertiary/aromatic N) is 1. The number of aryl methyl sites for hydroxylation is 1. The lowest BCUT2D eigenvalue weighted by Crippen LogP contribution is -2.33. The van der Waals surface area contributed by atoms with Crippen molar-refractivity contribution in [1.82, 2.24) is 0 Å². The molecule has 0 radical (unpaired) electrons. The second kappa shape index (κ2) is 3.69. The predicted molar refractivity (Wildman–Crippen MR) is 71.5 cm³/mol. The lowest BCUT2D eigenvalue weighted by atomic mass is 9.81. The molecule has 3 heteroatoms. The van der Waals surface area contributed by atoms with Gasteiger partial charge < -0.3 is 0 Å². The summed E-state index contributed by atoms with van der Waals surface area (Å²) in [6.07, 6.45) is 3.35. The number of amides is 2. The Morgan fingerprint density at radius 2 is 1.58 bits per heavy atom. The van der Waals surface area contributed by atoms with Crippen LogP contribution in [0.25, 0.3) is 0 Å². The van der Waals surface area contributed by atoms with Crippen LogP contribution in [0.4, 0.5) is 5.69 Å². The SMILES string of the molecule is Cc1ccccc1N1C(=O)[C@@H]2[C@@H]3CC[C@@H](C3)[C@@H]2C1=O. The molecule has 0 aromatic heterocycles. The summed E-state index contributed by atoms with van der Waals surface area (Å²) >= 11 is 0. The molecule has 2 saturated carbocycles. The van der Waals surface area contributed by atoms with Gasteiger partial charge in [0.25, 0.3) is 0 Å². The predicted octanol–water partition coefficient (Wildman–Crippen LogP) is 2.53. The number of carbonyl (C=O) groups excluding carboxylic acids is 2. The van der Waals surface area contributed by atoms with Gasteiger partial charge in [-0.15, -0.1) is 0 Å². The molecule has 1 aromatic carbocycles. The van der Waals surface area contributed by atoms with Crippen molar-refractivity contribution in [2.75, 3.05) is 4.90 Å². The van der Waals surface area contributed by atoms with Crippen LogP contribution in [0, 0.1) is 30.6 Å². The molecule has 3 nitrogen and oxygen atoms in total. The summed E-state index contributed by atoms with van der Waals surface area (Å²) < 4.78 is 0. The van der Waals surface area contributed by atoms with Crippen molar-refractivity contribution >= 4 is 17.5 Å². The molecule has 0 unspecified atom stereocenters. The number of anilines is 1. The van der Waals surface area contributed by atoms with E-state index < -0.39 is 0 Å². The van der Waals surface area contributed by atoms with Gasteiger partial charge in [0.1, 0.15) is 0 Å². The fourth-order valence-electron chi connectivity index (χ4n) is 4.46. The van der Waals surface area contributed by atoms with E-state index in [-0.39, 0.29) is 23.7 Å². The number of imide groups is 1. The molecular formula is C16H17NO2. The monoisotopic (exact) mass is 255 g/mol. The first-order valence-corrected chi connectivity index (χ1v) is 7.12. The lowest BCUT2D eigenvalue weighted by Gasteiger charge is -2.19. The van der Waals surface area contributed by atoms with Gasteiger partial charge in [0.2, 0.25) is 11.8 Å². The fourth-order valence-corrected chi connectivity index (χ4v) is 4.46. The number of carbonyl (C=O) groups is 2. The molecule has 0 spiro atoms. The van der Waals surface area contributed by atoms with Gasteiger partial charge in [-0.1, -0.05) is 18.2 Å². The number of benzene rings is 1. The lowest BCUT2D eigenvalue weighted by molar-refractivity contribution is -0.123. The molecule has 3 aliphatic rings. The van der Waals surface area contributed by atoms with E-state index in [0.29, 0.717) is 11.8 Å². The molecule has 1 aromatic rings. The zero-order valence-electron chi connectivity index (χ0n) is 11.0. The van der Waals surface area contributed by atoms with E-state index in [0.717, 1.165) is 30.5 Å². The van der Waals surface area contributed by atoms with Crippen LogP contribution in [0.5, 0.6) is 0 Å². The van der Waals surface area contributed by atoms with Gasteiger partial charge >= 0.3 is 0 Å². The molecule has 1 aliphatic heterocycles. The minimum atomic E-state index is -0.0224. The minimum absolute atomic E-state index is 0.0224. The quantitative estimate of drug-likeness (QED) is 0.723. The summed E-state index contributed by atoms with van der Waals surface area (Å²) in [5.74, 6) is 0.977. The Morgan fingerprint density at radius 1 is 1.00 bits per heavy atom. The number of hydrogen-bond acceptors (Lipinski definition) is 2. The topological polar surface area (TPSA) is 37.4 Å². The van der Waals surface area contributed by atoms with Crippen molar-refractivity contribution in [3.05, 3.63) is 29.8 Å². The van der Waals surface area contributed by atoms with Crippen LogP contribution in [0.15, 0.2) is 24.3 Å². The largest absolute Gasteiger partial charge is 0.274 e. The van der Waals surface area contributed by atoms with E-state index in [4.69, 9.17) is 0 Å². The second-order valence-corrected chi connectivity index (χ2v) is 6.18. The molecule has 3 fully saturated rings. The van der Waals surface area contributed by atoms with Crippen LogP contribution < -0.4 is 4.90 Å². The van der Waals surface area contributed by atoms with Crippen LogP contribution in [-0.2, 0) is 9.59 Å². The first-order valence-electron chi connectivity index (χ1n) is 7.12. The summed E-state index contributed by atoms with van der Waals surface area (Å²) in [6.45, 7) is 1.96. The van der Waals surface area contributed by atoms with E-state index in [2.05, 4.69) is 0 Å². The van der Waals surface area contributed by atoms with Crippen LogP contribution in [-0.4, -0.2) is 11.8 Å². The van der Waals surface area contributed by atoms with Crippen LogP contribution in [0.3, 0.4) is 0 Å². The molecule has 98 valence electrons. The van der Waals surface area contributed by atoms with Crippen molar-refractivity contribution in [3.8, 4) is 0 Å². The summed E-state index contributed by atoms with van der Waals surface area (Å²) in [7, 11) is 0. The van der Waals surface area contributed by atoms with Crippen molar-refractivity contribution < 1.29 is 9.59 Å². The van der Waals surface area contributed by atoms with E-state index >= 15 is 0 Å². The van der Waals surface area contributed by atoms with Crippen LogP contribution in [0.1, 0.15) is 24.8 Å². The second-order valence-electron chi connectivity index (χ2n) is 6.18. The van der Waals surface area contributed by atoms with E-state index in [9.17, 15) is 9.59 Å². The maximum absolute atomic E-state index is 12.6. The summed E-state index contributed by atoms with van der Waals surface area (Å²) in [5, 5.41) is 0. The minimum Gasteiger partial charge on any atom is -0.274 e. The van der Waals surface area contributed by atoms with Crippen molar-refractivity contribution in [2.45, 2.75) is 26.2 Å². The van der Waals surface area contributed by atoms with Gasteiger partial charge in [0, 0.05) is 0 Å². The third-order valence-corrected chi connectivity index (χ3v) is 5.28. The Bertz CT molecular complexity index is 552. The highest BCUT2D eigenvalue weighted by Gasteiger charge is 2.61. The molecule has 1 saturated heterocycles. The van der Waals surface area contributed by atoms with Crippen LogP contribution in [0.2, 0.25) is 0 Å². The average Bonchev–Trinajstić information content (AvgIpc) is 3.06. The molecule has 1 heterocycles. The molecular weight excluding hydrogens is 238 g/mol. The average molecular weight is 255 g/mol. The van der Waals surface area contributed by atoms with Gasteiger partial charge in [0.05, 0.1) is 17.5 Å². The molecule has 2 bridgehead atoms. The van der Waals surface area contributed by atoms with Crippen molar-refractivity contribution in [3.63, 3.8) is 0 Å². The van der Waals surface area contributed by atoms with Gasteiger partial charge in [-0.2, -0.15) is 0 Å². The number of fused-ring (bicyclic) bond motifs is 5. The first-order chi connectivity index (χ1) is 9.18. The van der Waals surface area contributed by atoms with Crippen LogP contribution >= 0.6 is 0 Å². The van der Waals surface area contributed by atoms with Crippen molar-refractivity contribution in [1.29, 1.82) is 0 Å². The van der Waals surface area contributed by atoms with E-state index in [1.165, 1.54) is 4.90 Å². The third-order valence-electron chi connectivity index (χ3n) is 5.28. The third kappa shape index (κ3) is 1.33.